The number of anilines is 1. The SMILES string of the molecule is CCCS(=O)(=O)c1nc2ccc(NS(=O)(=O)c3ccc(Cl)s3)cc2s1. The van der Waals surface area contributed by atoms with Crippen molar-refractivity contribution < 1.29 is 16.8 Å². The van der Waals surface area contributed by atoms with Gasteiger partial charge in [-0.1, -0.05) is 18.5 Å². The fraction of sp³-hybridized carbons (Fsp3) is 0.214. The summed E-state index contributed by atoms with van der Waals surface area (Å²) in [5, 5.41) is 0. The van der Waals surface area contributed by atoms with E-state index in [1.165, 1.54) is 12.1 Å². The fourth-order valence-corrected chi connectivity index (χ4v) is 7.35. The number of aromatic nitrogens is 1. The Morgan fingerprint density at radius 2 is 1.88 bits per heavy atom. The molecule has 3 aromatic rings. The maximum absolute atomic E-state index is 12.3. The van der Waals surface area contributed by atoms with Gasteiger partial charge in [0.2, 0.25) is 14.2 Å². The minimum atomic E-state index is -3.74. The molecule has 1 aromatic carbocycles. The van der Waals surface area contributed by atoms with Gasteiger partial charge in [0.05, 0.1) is 26.0 Å². The number of sulfone groups is 1. The quantitative estimate of drug-likeness (QED) is 0.630. The third-order valence-corrected chi connectivity index (χ3v) is 9.67. The van der Waals surface area contributed by atoms with Crippen LogP contribution in [0.2, 0.25) is 4.34 Å². The van der Waals surface area contributed by atoms with Crippen molar-refractivity contribution in [3.05, 3.63) is 34.7 Å². The largest absolute Gasteiger partial charge is 0.279 e. The molecule has 0 spiro atoms. The van der Waals surface area contributed by atoms with Gasteiger partial charge in [0.15, 0.2) is 0 Å². The highest BCUT2D eigenvalue weighted by Crippen LogP contribution is 2.31. The normalized spacial score (nSPS) is 12.6. The van der Waals surface area contributed by atoms with Gasteiger partial charge in [0.1, 0.15) is 4.21 Å². The Labute approximate surface area is 158 Å². The zero-order valence-corrected chi connectivity index (χ0v) is 16.9. The third-order valence-electron chi connectivity index (χ3n) is 3.17. The van der Waals surface area contributed by atoms with Crippen LogP contribution < -0.4 is 4.72 Å². The number of nitrogens with one attached hydrogen (secondary N) is 1. The average Bonchev–Trinajstić information content (AvgIpc) is 3.13. The molecule has 3 rings (SSSR count). The highest BCUT2D eigenvalue weighted by molar-refractivity contribution is 7.94. The van der Waals surface area contributed by atoms with Gasteiger partial charge >= 0.3 is 0 Å². The average molecular weight is 437 g/mol. The van der Waals surface area contributed by atoms with Crippen LogP contribution in [-0.4, -0.2) is 27.6 Å². The number of nitrogens with zero attached hydrogens (tertiary/aromatic N) is 1. The number of sulfonamides is 1. The summed E-state index contributed by atoms with van der Waals surface area (Å²) in [5.41, 5.74) is 0.849. The molecule has 0 bridgehead atoms. The summed E-state index contributed by atoms with van der Waals surface area (Å²) >= 11 is 7.77. The predicted molar refractivity (Wildman–Crippen MR) is 102 cm³/mol. The number of hydrogen-bond acceptors (Lipinski definition) is 7. The van der Waals surface area contributed by atoms with Crippen molar-refractivity contribution in [2.45, 2.75) is 21.9 Å². The van der Waals surface area contributed by atoms with E-state index in [-0.39, 0.29) is 14.3 Å². The second-order valence-corrected chi connectivity index (χ2v) is 12.1. The summed E-state index contributed by atoms with van der Waals surface area (Å²) in [6.07, 6.45) is 0.507. The lowest BCUT2D eigenvalue weighted by Gasteiger charge is -2.05. The summed E-state index contributed by atoms with van der Waals surface area (Å²) in [7, 11) is -7.15. The topological polar surface area (TPSA) is 93.2 Å². The highest BCUT2D eigenvalue weighted by atomic mass is 35.5. The lowest BCUT2D eigenvalue weighted by Crippen LogP contribution is -2.11. The molecule has 2 aromatic heterocycles. The van der Waals surface area contributed by atoms with Gasteiger partial charge in [0.25, 0.3) is 10.0 Å². The first-order valence-electron chi connectivity index (χ1n) is 7.13. The molecular formula is C14H13ClN2O4S4. The van der Waals surface area contributed by atoms with Crippen LogP contribution in [-0.2, 0) is 19.9 Å². The van der Waals surface area contributed by atoms with E-state index in [9.17, 15) is 16.8 Å². The minimum Gasteiger partial charge on any atom is -0.279 e. The maximum atomic E-state index is 12.3. The van der Waals surface area contributed by atoms with E-state index < -0.39 is 19.9 Å². The molecule has 0 fully saturated rings. The molecule has 0 aliphatic carbocycles. The molecule has 0 saturated heterocycles. The summed E-state index contributed by atoms with van der Waals surface area (Å²) < 4.78 is 52.5. The number of thiazole rings is 1. The molecule has 0 radical (unpaired) electrons. The van der Waals surface area contributed by atoms with E-state index in [4.69, 9.17) is 11.6 Å². The zero-order valence-electron chi connectivity index (χ0n) is 12.9. The number of benzene rings is 1. The van der Waals surface area contributed by atoms with E-state index in [2.05, 4.69) is 9.71 Å². The molecule has 6 nitrogen and oxygen atoms in total. The molecular weight excluding hydrogens is 424 g/mol. The Morgan fingerprint density at radius 3 is 2.52 bits per heavy atom. The van der Waals surface area contributed by atoms with Gasteiger partial charge in [-0.15, -0.1) is 22.7 Å². The van der Waals surface area contributed by atoms with Crippen LogP contribution >= 0.6 is 34.3 Å². The Kier molecular flexibility index (Phi) is 5.09. The number of thiophene rings is 1. The van der Waals surface area contributed by atoms with Crippen molar-refractivity contribution in [1.82, 2.24) is 4.98 Å². The van der Waals surface area contributed by atoms with Crippen LogP contribution in [0, 0.1) is 0 Å². The number of fused-ring (bicyclic) bond motifs is 1. The van der Waals surface area contributed by atoms with E-state index >= 15 is 0 Å². The lowest BCUT2D eigenvalue weighted by molar-refractivity contribution is 0.594. The van der Waals surface area contributed by atoms with Crippen LogP contribution in [0.1, 0.15) is 13.3 Å². The summed E-state index contributed by atoms with van der Waals surface area (Å²) in [6.45, 7) is 1.79. The van der Waals surface area contributed by atoms with E-state index in [0.29, 0.717) is 26.7 Å². The Balaban J connectivity index is 1.94. The lowest BCUT2D eigenvalue weighted by atomic mass is 10.3. The first kappa shape index (κ1) is 18.6. The molecule has 2 heterocycles. The predicted octanol–water partition coefficient (Wildman–Crippen LogP) is 4.00. The molecule has 134 valence electrons. The van der Waals surface area contributed by atoms with Gasteiger partial charge in [-0.25, -0.2) is 21.8 Å². The first-order chi connectivity index (χ1) is 11.7. The van der Waals surface area contributed by atoms with Crippen molar-refractivity contribution in [2.24, 2.45) is 0 Å². The van der Waals surface area contributed by atoms with Crippen LogP contribution in [0.15, 0.2) is 38.9 Å². The zero-order chi connectivity index (χ0) is 18.2. The fourth-order valence-electron chi connectivity index (χ4n) is 2.10. The highest BCUT2D eigenvalue weighted by Gasteiger charge is 2.20. The van der Waals surface area contributed by atoms with Crippen molar-refractivity contribution in [2.75, 3.05) is 10.5 Å². The third kappa shape index (κ3) is 3.98. The van der Waals surface area contributed by atoms with Gasteiger partial charge < -0.3 is 0 Å². The minimum absolute atomic E-state index is 0.0332. The molecule has 1 N–H and O–H groups in total. The molecule has 0 atom stereocenters. The van der Waals surface area contributed by atoms with Crippen LogP contribution in [0.5, 0.6) is 0 Å². The Morgan fingerprint density at radius 1 is 1.12 bits per heavy atom. The number of rotatable bonds is 6. The van der Waals surface area contributed by atoms with Gasteiger partial charge in [-0.05, 0) is 36.8 Å². The second-order valence-electron chi connectivity index (χ2n) is 5.15. The van der Waals surface area contributed by atoms with Crippen molar-refractivity contribution in [1.29, 1.82) is 0 Å². The van der Waals surface area contributed by atoms with Gasteiger partial charge in [-0.2, -0.15) is 0 Å². The summed E-state index contributed by atoms with van der Waals surface area (Å²) in [5.74, 6) is 0.0332. The Hall–Kier alpha value is -1.20. The monoisotopic (exact) mass is 436 g/mol. The van der Waals surface area contributed by atoms with Gasteiger partial charge in [0, 0.05) is 0 Å². The number of halogens is 1. The molecule has 0 unspecified atom stereocenters. The smallest absolute Gasteiger partial charge is 0.271 e. The Bertz CT molecular complexity index is 1130. The molecule has 0 saturated carbocycles. The van der Waals surface area contributed by atoms with Crippen LogP contribution in [0.3, 0.4) is 0 Å². The molecule has 0 aliphatic rings. The van der Waals surface area contributed by atoms with Crippen molar-refractivity contribution >= 4 is 70.0 Å². The summed E-state index contributed by atoms with van der Waals surface area (Å²) in [4.78, 5) is 4.14. The number of hydrogen-bond donors (Lipinski definition) is 1. The molecule has 0 aliphatic heterocycles. The maximum Gasteiger partial charge on any atom is 0.271 e. The molecule has 11 heteroatoms. The van der Waals surface area contributed by atoms with Crippen molar-refractivity contribution in [3.8, 4) is 0 Å². The van der Waals surface area contributed by atoms with Crippen molar-refractivity contribution in [3.63, 3.8) is 0 Å². The second kappa shape index (κ2) is 6.84. The van der Waals surface area contributed by atoms with Crippen LogP contribution in [0.25, 0.3) is 10.2 Å². The standard InChI is InChI=1S/C14H13ClN2O4S4/c1-2-7-24(18,19)14-16-10-4-3-9(8-11(10)22-14)17-25(20,21)13-6-5-12(15)23-13/h3-6,8,17H,2,7H2,1H3. The van der Waals surface area contributed by atoms with Gasteiger partial charge in [-0.3, -0.25) is 4.72 Å². The van der Waals surface area contributed by atoms with E-state index in [1.807, 2.05) is 0 Å². The van der Waals surface area contributed by atoms with E-state index in [1.54, 1.807) is 25.1 Å². The summed E-state index contributed by atoms with van der Waals surface area (Å²) in [6, 6.07) is 7.65. The first-order valence-corrected chi connectivity index (χ1v) is 12.3. The molecule has 0 amide bonds. The van der Waals surface area contributed by atoms with Crippen LogP contribution in [0.4, 0.5) is 5.69 Å². The molecule has 25 heavy (non-hydrogen) atoms. The van der Waals surface area contributed by atoms with E-state index in [0.717, 1.165) is 22.7 Å².